The maximum atomic E-state index is 12.5. The number of rotatable bonds is 4. The summed E-state index contributed by atoms with van der Waals surface area (Å²) < 4.78 is 25.5. The average molecular weight is 385 g/mol. The van der Waals surface area contributed by atoms with Crippen LogP contribution in [0.5, 0.6) is 0 Å². The second kappa shape index (κ2) is 6.48. The zero-order valence-corrected chi connectivity index (χ0v) is 15.6. The minimum Gasteiger partial charge on any atom is -0.345 e. The number of sulfonamides is 1. The van der Waals surface area contributed by atoms with Crippen molar-refractivity contribution in [3.8, 4) is 0 Å². The zero-order chi connectivity index (χ0) is 17.5. The second-order valence-corrected chi connectivity index (χ2v) is 9.71. The first kappa shape index (κ1) is 17.4. The zero-order valence-electron chi connectivity index (χ0n) is 13.2. The van der Waals surface area contributed by atoms with Crippen molar-refractivity contribution in [1.82, 2.24) is 9.62 Å². The third kappa shape index (κ3) is 3.21. The van der Waals surface area contributed by atoms with Crippen molar-refractivity contribution in [2.75, 3.05) is 14.1 Å². The van der Waals surface area contributed by atoms with Gasteiger partial charge in [-0.2, -0.15) is 0 Å². The molecule has 1 N–H and O–H groups in total. The van der Waals surface area contributed by atoms with E-state index in [1.165, 1.54) is 20.2 Å². The van der Waals surface area contributed by atoms with Crippen molar-refractivity contribution in [1.29, 1.82) is 0 Å². The molecule has 0 aliphatic heterocycles. The van der Waals surface area contributed by atoms with Gasteiger partial charge in [-0.1, -0.05) is 17.7 Å². The molecule has 1 aromatic heterocycles. The lowest BCUT2D eigenvalue weighted by atomic mass is 10.1. The first-order valence-corrected chi connectivity index (χ1v) is 10.0. The number of hydrogen-bond donors (Lipinski definition) is 1. The summed E-state index contributed by atoms with van der Waals surface area (Å²) in [7, 11) is -0.578. The van der Waals surface area contributed by atoms with E-state index in [9.17, 15) is 13.2 Å². The monoisotopic (exact) mass is 384 g/mol. The number of carbonyl (C=O) groups is 1. The van der Waals surface area contributed by atoms with Gasteiger partial charge in [0.1, 0.15) is 4.21 Å². The van der Waals surface area contributed by atoms with E-state index in [1.807, 2.05) is 18.2 Å². The Morgan fingerprint density at radius 2 is 2.04 bits per heavy atom. The van der Waals surface area contributed by atoms with E-state index in [1.54, 1.807) is 6.07 Å². The van der Waals surface area contributed by atoms with Crippen LogP contribution in [-0.2, 0) is 16.4 Å². The summed E-state index contributed by atoms with van der Waals surface area (Å²) in [6.07, 6.45) is 1.68. The molecular weight excluding hydrogens is 368 g/mol. The number of hydrogen-bond acceptors (Lipinski definition) is 4. The molecule has 128 valence electrons. The Balaban J connectivity index is 1.77. The summed E-state index contributed by atoms with van der Waals surface area (Å²) >= 11 is 6.98. The first-order chi connectivity index (χ1) is 11.3. The molecule has 0 bridgehead atoms. The Hall–Kier alpha value is -1.41. The fraction of sp³-hybridized carbons (Fsp3) is 0.312. The lowest BCUT2D eigenvalue weighted by Crippen LogP contribution is -2.26. The van der Waals surface area contributed by atoms with Crippen LogP contribution >= 0.6 is 22.9 Å². The van der Waals surface area contributed by atoms with E-state index in [4.69, 9.17) is 11.6 Å². The van der Waals surface area contributed by atoms with Crippen LogP contribution in [0.4, 0.5) is 0 Å². The van der Waals surface area contributed by atoms with E-state index in [0.29, 0.717) is 9.90 Å². The lowest BCUT2D eigenvalue weighted by Gasteiger charge is -2.13. The van der Waals surface area contributed by atoms with E-state index < -0.39 is 10.0 Å². The van der Waals surface area contributed by atoms with Crippen LogP contribution in [0.25, 0.3) is 0 Å². The van der Waals surface area contributed by atoms with Gasteiger partial charge in [0.2, 0.25) is 0 Å². The van der Waals surface area contributed by atoms with Gasteiger partial charge < -0.3 is 5.32 Å². The normalized spacial score (nSPS) is 17.1. The largest absolute Gasteiger partial charge is 0.345 e. The molecule has 3 rings (SSSR count). The highest BCUT2D eigenvalue weighted by Crippen LogP contribution is 2.33. The minimum absolute atomic E-state index is 0.0687. The van der Waals surface area contributed by atoms with Crippen LogP contribution in [0, 0.1) is 0 Å². The molecule has 0 saturated heterocycles. The van der Waals surface area contributed by atoms with Crippen LogP contribution in [0.1, 0.15) is 33.3 Å². The van der Waals surface area contributed by atoms with Crippen molar-refractivity contribution in [3.05, 3.63) is 51.4 Å². The summed E-state index contributed by atoms with van der Waals surface area (Å²) in [5.41, 5.74) is 2.22. The Bertz CT molecular complexity index is 890. The van der Waals surface area contributed by atoms with Crippen LogP contribution in [0.3, 0.4) is 0 Å². The molecule has 1 atom stereocenters. The summed E-state index contributed by atoms with van der Waals surface area (Å²) in [4.78, 5) is 12.8. The van der Waals surface area contributed by atoms with Gasteiger partial charge in [0.15, 0.2) is 0 Å². The van der Waals surface area contributed by atoms with E-state index in [0.717, 1.165) is 39.6 Å². The minimum atomic E-state index is -3.51. The Kier molecular flexibility index (Phi) is 4.70. The van der Waals surface area contributed by atoms with Gasteiger partial charge in [0.25, 0.3) is 15.9 Å². The second-order valence-electron chi connectivity index (χ2n) is 5.81. The van der Waals surface area contributed by atoms with Crippen LogP contribution < -0.4 is 5.32 Å². The van der Waals surface area contributed by atoms with Crippen molar-refractivity contribution in [2.45, 2.75) is 23.1 Å². The SMILES string of the molecule is CN(C)S(=O)(=O)c1ccc(C(=O)N[C@@H]2CCc3cc(Cl)ccc32)s1. The number of aryl methyl sites for hydroxylation is 1. The highest BCUT2D eigenvalue weighted by atomic mass is 35.5. The van der Waals surface area contributed by atoms with Crippen LogP contribution in [-0.4, -0.2) is 32.7 Å². The predicted molar refractivity (Wildman–Crippen MR) is 95.2 cm³/mol. The molecule has 1 amide bonds. The highest BCUT2D eigenvalue weighted by molar-refractivity contribution is 7.91. The standard InChI is InChI=1S/C16H17ClN2O3S2/c1-19(2)24(21,22)15-8-7-14(23-15)16(20)18-13-6-3-10-9-11(17)4-5-12(10)13/h4-5,7-9,13H,3,6H2,1-2H3,(H,18,20)/t13-/m1/s1. The molecule has 0 spiro atoms. The molecule has 5 nitrogen and oxygen atoms in total. The molecule has 1 heterocycles. The van der Waals surface area contributed by atoms with E-state index in [2.05, 4.69) is 5.32 Å². The smallest absolute Gasteiger partial charge is 0.261 e. The van der Waals surface area contributed by atoms with Gasteiger partial charge in [-0.05, 0) is 48.2 Å². The fourth-order valence-electron chi connectivity index (χ4n) is 2.73. The number of nitrogens with one attached hydrogen (secondary N) is 1. The molecule has 24 heavy (non-hydrogen) atoms. The van der Waals surface area contributed by atoms with Crippen LogP contribution in [0.15, 0.2) is 34.5 Å². The maximum absolute atomic E-state index is 12.5. The summed E-state index contributed by atoms with van der Waals surface area (Å²) in [6.45, 7) is 0. The third-order valence-corrected chi connectivity index (χ3v) is 7.63. The lowest BCUT2D eigenvalue weighted by molar-refractivity contribution is 0.0941. The molecule has 1 aliphatic rings. The number of fused-ring (bicyclic) bond motifs is 1. The molecule has 1 aromatic carbocycles. The van der Waals surface area contributed by atoms with Crippen molar-refractivity contribution >= 4 is 38.9 Å². The number of carbonyl (C=O) groups excluding carboxylic acids is 1. The number of amides is 1. The summed E-state index contributed by atoms with van der Waals surface area (Å²) in [5.74, 6) is -0.256. The van der Waals surface area contributed by atoms with Gasteiger partial charge in [-0.3, -0.25) is 4.79 Å². The van der Waals surface area contributed by atoms with Gasteiger partial charge in [-0.15, -0.1) is 11.3 Å². The Morgan fingerprint density at radius 1 is 1.29 bits per heavy atom. The third-order valence-electron chi connectivity index (χ3n) is 4.03. The van der Waals surface area contributed by atoms with Gasteiger partial charge in [0.05, 0.1) is 10.9 Å². The fourth-order valence-corrected chi connectivity index (χ4v) is 5.30. The molecule has 0 unspecified atom stereocenters. The Morgan fingerprint density at radius 3 is 2.75 bits per heavy atom. The van der Waals surface area contributed by atoms with Gasteiger partial charge in [-0.25, -0.2) is 12.7 Å². The molecule has 1 aliphatic carbocycles. The molecule has 2 aromatic rings. The molecule has 0 fully saturated rings. The number of thiophene rings is 1. The molecule has 0 saturated carbocycles. The number of halogens is 1. The summed E-state index contributed by atoms with van der Waals surface area (Å²) in [5, 5.41) is 3.68. The quantitative estimate of drug-likeness (QED) is 0.880. The molecule has 8 heteroatoms. The van der Waals surface area contributed by atoms with E-state index >= 15 is 0 Å². The predicted octanol–water partition coefficient (Wildman–Crippen LogP) is 3.07. The van der Waals surface area contributed by atoms with Crippen LogP contribution in [0.2, 0.25) is 5.02 Å². The van der Waals surface area contributed by atoms with Gasteiger partial charge >= 0.3 is 0 Å². The topological polar surface area (TPSA) is 66.5 Å². The first-order valence-electron chi connectivity index (χ1n) is 7.40. The summed E-state index contributed by atoms with van der Waals surface area (Å²) in [6, 6.07) is 8.63. The van der Waals surface area contributed by atoms with Crippen molar-refractivity contribution in [2.24, 2.45) is 0 Å². The van der Waals surface area contributed by atoms with Gasteiger partial charge in [0, 0.05) is 19.1 Å². The molecular formula is C16H17ClN2O3S2. The number of benzene rings is 1. The van der Waals surface area contributed by atoms with E-state index in [-0.39, 0.29) is 16.2 Å². The van der Waals surface area contributed by atoms with Crippen molar-refractivity contribution in [3.63, 3.8) is 0 Å². The van der Waals surface area contributed by atoms with Crippen molar-refractivity contribution < 1.29 is 13.2 Å². The number of nitrogens with zero attached hydrogens (tertiary/aromatic N) is 1. The Labute approximate surface area is 150 Å². The molecule has 0 radical (unpaired) electrons. The highest BCUT2D eigenvalue weighted by Gasteiger charge is 2.26. The average Bonchev–Trinajstić information content (AvgIpc) is 3.14. The maximum Gasteiger partial charge on any atom is 0.261 e.